The Balaban J connectivity index is 3.08. The molecule has 0 aromatic heterocycles. The highest BCUT2D eigenvalue weighted by Gasteiger charge is 1.89. The van der Waals surface area contributed by atoms with Crippen molar-refractivity contribution in [1.29, 1.82) is 0 Å². The average molecular weight is 185 g/mol. The van der Waals surface area contributed by atoms with E-state index in [1.54, 1.807) is 6.20 Å². The lowest BCUT2D eigenvalue weighted by Crippen LogP contribution is -2.16. The van der Waals surface area contributed by atoms with Crippen LogP contribution in [0.3, 0.4) is 0 Å². The molecular weight excluding hydrogens is 166 g/mol. The van der Waals surface area contributed by atoms with Crippen LogP contribution in [-0.2, 0) is 4.79 Å². The molecule has 0 spiro atoms. The lowest BCUT2D eigenvalue weighted by atomic mass is 10.1. The molecule has 0 heterocycles. The smallest absolute Gasteiger partial charge is 0.322 e. The third-order valence-corrected chi connectivity index (χ3v) is 1.71. The van der Waals surface area contributed by atoms with E-state index in [1.807, 2.05) is 6.08 Å². The maximum Gasteiger partial charge on any atom is 0.322 e. The van der Waals surface area contributed by atoms with E-state index in [-0.39, 0.29) is 6.54 Å². The highest BCUT2D eigenvalue weighted by molar-refractivity contribution is 5.69. The first-order valence-corrected chi connectivity index (χ1v) is 4.87. The number of nitrogens with one attached hydrogen (secondary N) is 1. The Hall–Kier alpha value is -0.990. The minimum Gasteiger partial charge on any atom is -0.480 e. The third kappa shape index (κ3) is 11.0. The van der Waals surface area contributed by atoms with Gasteiger partial charge < -0.3 is 10.4 Å². The molecule has 2 N–H and O–H groups in total. The van der Waals surface area contributed by atoms with Gasteiger partial charge in [-0.1, -0.05) is 32.3 Å². The molecule has 0 radical (unpaired) electrons. The minimum absolute atomic E-state index is 0.00542. The van der Waals surface area contributed by atoms with Crippen LogP contribution in [0.15, 0.2) is 12.3 Å². The van der Waals surface area contributed by atoms with Crippen LogP contribution in [0.25, 0.3) is 0 Å². The normalized spacial score (nSPS) is 10.5. The van der Waals surface area contributed by atoms with Crippen LogP contribution in [0.2, 0.25) is 0 Å². The SMILES string of the molecule is CCCCCC/C=C/NCC(=O)O. The topological polar surface area (TPSA) is 49.3 Å². The highest BCUT2D eigenvalue weighted by Crippen LogP contribution is 2.02. The summed E-state index contributed by atoms with van der Waals surface area (Å²) in [6.07, 6.45) is 9.74. The molecule has 0 saturated heterocycles. The minimum atomic E-state index is -0.823. The van der Waals surface area contributed by atoms with E-state index < -0.39 is 5.97 Å². The fourth-order valence-electron chi connectivity index (χ4n) is 1.00. The molecule has 76 valence electrons. The lowest BCUT2D eigenvalue weighted by molar-refractivity contribution is -0.135. The van der Waals surface area contributed by atoms with Gasteiger partial charge in [0.2, 0.25) is 0 Å². The van der Waals surface area contributed by atoms with Crippen molar-refractivity contribution in [1.82, 2.24) is 5.32 Å². The maximum absolute atomic E-state index is 10.1. The van der Waals surface area contributed by atoms with Crippen LogP contribution in [0.4, 0.5) is 0 Å². The van der Waals surface area contributed by atoms with Crippen molar-refractivity contribution in [2.45, 2.75) is 39.0 Å². The van der Waals surface area contributed by atoms with Gasteiger partial charge in [-0.15, -0.1) is 0 Å². The largest absolute Gasteiger partial charge is 0.480 e. The summed E-state index contributed by atoms with van der Waals surface area (Å²) in [6, 6.07) is 0. The number of carboxylic acid groups (broad SMARTS) is 1. The predicted molar refractivity (Wildman–Crippen MR) is 53.5 cm³/mol. The zero-order valence-corrected chi connectivity index (χ0v) is 8.25. The van der Waals surface area contributed by atoms with Crippen LogP contribution in [0, 0.1) is 0 Å². The molecule has 0 atom stereocenters. The summed E-state index contributed by atoms with van der Waals surface area (Å²) < 4.78 is 0. The first kappa shape index (κ1) is 12.0. The van der Waals surface area contributed by atoms with Crippen LogP contribution < -0.4 is 5.32 Å². The first-order chi connectivity index (χ1) is 6.27. The van der Waals surface area contributed by atoms with E-state index in [4.69, 9.17) is 5.11 Å². The van der Waals surface area contributed by atoms with Gasteiger partial charge in [-0.2, -0.15) is 0 Å². The first-order valence-electron chi connectivity index (χ1n) is 4.87. The highest BCUT2D eigenvalue weighted by atomic mass is 16.4. The molecule has 0 aliphatic carbocycles. The molecule has 0 rings (SSSR count). The Labute approximate surface area is 79.8 Å². The quantitative estimate of drug-likeness (QED) is 0.570. The van der Waals surface area contributed by atoms with E-state index >= 15 is 0 Å². The van der Waals surface area contributed by atoms with Crippen molar-refractivity contribution in [3.05, 3.63) is 12.3 Å². The number of allylic oxidation sites excluding steroid dienone is 1. The number of unbranched alkanes of at least 4 members (excludes halogenated alkanes) is 4. The van der Waals surface area contributed by atoms with Gasteiger partial charge in [-0.05, 0) is 19.0 Å². The summed E-state index contributed by atoms with van der Waals surface area (Å²) in [5.74, 6) is -0.823. The molecule has 3 nitrogen and oxygen atoms in total. The molecule has 0 aromatic rings. The van der Waals surface area contributed by atoms with Gasteiger partial charge in [0.25, 0.3) is 0 Å². The fraction of sp³-hybridized carbons (Fsp3) is 0.700. The van der Waals surface area contributed by atoms with E-state index in [2.05, 4.69) is 12.2 Å². The number of rotatable bonds is 8. The number of carboxylic acids is 1. The fourth-order valence-corrected chi connectivity index (χ4v) is 1.00. The van der Waals surface area contributed by atoms with Crippen molar-refractivity contribution >= 4 is 5.97 Å². The third-order valence-electron chi connectivity index (χ3n) is 1.71. The van der Waals surface area contributed by atoms with Crippen LogP contribution >= 0.6 is 0 Å². The predicted octanol–water partition coefficient (Wildman–Crippen LogP) is 2.14. The number of carbonyl (C=O) groups is 1. The Kier molecular flexibility index (Phi) is 8.41. The molecule has 0 aromatic carbocycles. The zero-order chi connectivity index (χ0) is 9.94. The summed E-state index contributed by atoms with van der Waals surface area (Å²) in [5, 5.41) is 11.0. The molecule has 0 aliphatic rings. The molecule has 0 amide bonds. The van der Waals surface area contributed by atoms with Crippen LogP contribution in [0.1, 0.15) is 39.0 Å². The molecule has 0 saturated carbocycles. The van der Waals surface area contributed by atoms with Gasteiger partial charge in [0, 0.05) is 0 Å². The zero-order valence-electron chi connectivity index (χ0n) is 8.25. The Morgan fingerprint density at radius 2 is 2.15 bits per heavy atom. The Morgan fingerprint density at radius 1 is 1.38 bits per heavy atom. The van der Waals surface area contributed by atoms with E-state index in [1.165, 1.54) is 25.7 Å². The van der Waals surface area contributed by atoms with Gasteiger partial charge in [0.15, 0.2) is 0 Å². The average Bonchev–Trinajstić information content (AvgIpc) is 2.09. The van der Waals surface area contributed by atoms with Crippen molar-refractivity contribution < 1.29 is 9.90 Å². The Morgan fingerprint density at radius 3 is 2.77 bits per heavy atom. The van der Waals surface area contributed by atoms with E-state index in [0.717, 1.165) is 6.42 Å². The van der Waals surface area contributed by atoms with Crippen LogP contribution in [-0.4, -0.2) is 17.6 Å². The second-order valence-corrected chi connectivity index (χ2v) is 3.03. The van der Waals surface area contributed by atoms with Crippen molar-refractivity contribution in [2.75, 3.05) is 6.54 Å². The van der Waals surface area contributed by atoms with Gasteiger partial charge in [0.05, 0.1) is 0 Å². The summed E-state index contributed by atoms with van der Waals surface area (Å²) >= 11 is 0. The van der Waals surface area contributed by atoms with Gasteiger partial charge >= 0.3 is 5.97 Å². The number of hydrogen-bond acceptors (Lipinski definition) is 2. The summed E-state index contributed by atoms with van der Waals surface area (Å²) in [5.41, 5.74) is 0. The summed E-state index contributed by atoms with van der Waals surface area (Å²) in [6.45, 7) is 2.19. The maximum atomic E-state index is 10.1. The van der Waals surface area contributed by atoms with Gasteiger partial charge in [-0.3, -0.25) is 4.79 Å². The molecular formula is C10H19NO2. The second-order valence-electron chi connectivity index (χ2n) is 3.03. The molecule has 0 aliphatic heterocycles. The standard InChI is InChI=1S/C10H19NO2/c1-2-3-4-5-6-7-8-11-9-10(12)13/h7-8,11H,2-6,9H2,1H3,(H,12,13)/b8-7+. The van der Waals surface area contributed by atoms with Gasteiger partial charge in [0.1, 0.15) is 6.54 Å². The molecule has 3 heteroatoms. The Bertz CT molecular complexity index is 155. The van der Waals surface area contributed by atoms with Crippen molar-refractivity contribution in [3.63, 3.8) is 0 Å². The van der Waals surface area contributed by atoms with E-state index in [9.17, 15) is 4.79 Å². The van der Waals surface area contributed by atoms with Crippen molar-refractivity contribution in [2.24, 2.45) is 0 Å². The number of aliphatic carboxylic acids is 1. The molecule has 0 unspecified atom stereocenters. The van der Waals surface area contributed by atoms with E-state index in [0.29, 0.717) is 0 Å². The van der Waals surface area contributed by atoms with Gasteiger partial charge in [-0.25, -0.2) is 0 Å². The summed E-state index contributed by atoms with van der Waals surface area (Å²) in [4.78, 5) is 10.1. The molecule has 0 bridgehead atoms. The monoisotopic (exact) mass is 185 g/mol. The molecule has 0 fully saturated rings. The molecule has 13 heavy (non-hydrogen) atoms. The van der Waals surface area contributed by atoms with Crippen LogP contribution in [0.5, 0.6) is 0 Å². The van der Waals surface area contributed by atoms with Crippen molar-refractivity contribution in [3.8, 4) is 0 Å². The lowest BCUT2D eigenvalue weighted by Gasteiger charge is -1.95. The summed E-state index contributed by atoms with van der Waals surface area (Å²) in [7, 11) is 0. The second kappa shape index (κ2) is 9.10. The number of hydrogen-bond donors (Lipinski definition) is 2.